The highest BCUT2D eigenvalue weighted by Gasteiger charge is 2.03. The lowest BCUT2D eigenvalue weighted by Gasteiger charge is -2.21. The molecule has 0 aromatic carbocycles. The van der Waals surface area contributed by atoms with Crippen molar-refractivity contribution in [2.75, 3.05) is 20.1 Å². The largest absolute Gasteiger partial charge is 0.329 e. The average Bonchev–Trinajstić information content (AvgIpc) is 1.87. The Morgan fingerprint density at radius 1 is 1.56 bits per heavy atom. The molecule has 0 aromatic rings. The monoisotopic (exact) mass is 130 g/mol. The van der Waals surface area contributed by atoms with Crippen molar-refractivity contribution >= 4 is 0 Å². The number of nitrogens with two attached hydrogens (primary N) is 1. The van der Waals surface area contributed by atoms with Gasteiger partial charge in [0.25, 0.3) is 0 Å². The van der Waals surface area contributed by atoms with Gasteiger partial charge < -0.3 is 10.6 Å². The van der Waals surface area contributed by atoms with E-state index in [1.807, 2.05) is 0 Å². The number of nitrogens with zero attached hydrogens (tertiary/aromatic N) is 1. The van der Waals surface area contributed by atoms with Gasteiger partial charge in [-0.05, 0) is 26.9 Å². The molecule has 2 heteroatoms. The Bertz CT molecular complexity index is 63.9. The third-order valence-corrected chi connectivity index (χ3v) is 1.67. The van der Waals surface area contributed by atoms with Gasteiger partial charge in [-0.3, -0.25) is 0 Å². The summed E-state index contributed by atoms with van der Waals surface area (Å²) < 4.78 is 0. The number of rotatable bonds is 4. The van der Waals surface area contributed by atoms with Crippen LogP contribution in [-0.4, -0.2) is 31.1 Å². The molecule has 0 radical (unpaired) electrons. The maximum absolute atomic E-state index is 5.46. The molecular formula is C7H18N2. The highest BCUT2D eigenvalue weighted by atomic mass is 15.1. The predicted octanol–water partition coefficient (Wildman–Crippen LogP) is 0.675. The molecule has 0 amide bonds. The van der Waals surface area contributed by atoms with Crippen molar-refractivity contribution < 1.29 is 0 Å². The lowest BCUT2D eigenvalue weighted by Crippen LogP contribution is -2.35. The summed E-state index contributed by atoms with van der Waals surface area (Å²) >= 11 is 0. The number of hydrogen-bond acceptors (Lipinski definition) is 2. The minimum atomic E-state index is 0.532. The van der Waals surface area contributed by atoms with Crippen LogP contribution in [0.15, 0.2) is 0 Å². The van der Waals surface area contributed by atoms with Crippen LogP contribution in [-0.2, 0) is 0 Å². The van der Waals surface area contributed by atoms with Gasteiger partial charge in [0.05, 0.1) is 0 Å². The molecular weight excluding hydrogens is 112 g/mol. The van der Waals surface area contributed by atoms with Crippen LogP contribution in [0.4, 0.5) is 0 Å². The van der Waals surface area contributed by atoms with Crippen molar-refractivity contribution in [2.45, 2.75) is 26.3 Å². The van der Waals surface area contributed by atoms with Crippen LogP contribution in [0.3, 0.4) is 0 Å². The van der Waals surface area contributed by atoms with Gasteiger partial charge in [0.1, 0.15) is 0 Å². The van der Waals surface area contributed by atoms with E-state index >= 15 is 0 Å². The van der Waals surface area contributed by atoms with Gasteiger partial charge >= 0.3 is 0 Å². The molecule has 0 aliphatic carbocycles. The Kier molecular flexibility index (Phi) is 4.72. The summed E-state index contributed by atoms with van der Waals surface area (Å²) in [5, 5.41) is 0. The second-order valence-corrected chi connectivity index (χ2v) is 2.57. The van der Waals surface area contributed by atoms with Crippen molar-refractivity contribution in [3.05, 3.63) is 0 Å². The first-order valence-electron chi connectivity index (χ1n) is 3.62. The Morgan fingerprint density at radius 2 is 2.11 bits per heavy atom. The van der Waals surface area contributed by atoms with Crippen molar-refractivity contribution in [3.63, 3.8) is 0 Å². The second kappa shape index (κ2) is 4.77. The predicted molar refractivity (Wildman–Crippen MR) is 41.4 cm³/mol. The highest BCUT2D eigenvalue weighted by molar-refractivity contribution is 4.61. The van der Waals surface area contributed by atoms with Gasteiger partial charge in [-0.2, -0.15) is 0 Å². The molecule has 0 saturated heterocycles. The van der Waals surface area contributed by atoms with E-state index in [-0.39, 0.29) is 0 Å². The van der Waals surface area contributed by atoms with Gasteiger partial charge in [0.15, 0.2) is 0 Å². The molecule has 1 atom stereocenters. The molecule has 0 heterocycles. The summed E-state index contributed by atoms with van der Waals surface area (Å²) in [5.74, 6) is 0. The van der Waals surface area contributed by atoms with Crippen molar-refractivity contribution in [1.29, 1.82) is 0 Å². The minimum Gasteiger partial charge on any atom is -0.329 e. The summed E-state index contributed by atoms with van der Waals surface area (Å²) in [4.78, 5) is 2.28. The number of likely N-dealkylation sites (N-methyl/N-ethyl adjacent to an activating group) is 1. The van der Waals surface area contributed by atoms with Crippen LogP contribution in [0.25, 0.3) is 0 Å². The van der Waals surface area contributed by atoms with Crippen LogP contribution >= 0.6 is 0 Å². The molecule has 56 valence electrons. The Hall–Kier alpha value is -0.0800. The van der Waals surface area contributed by atoms with E-state index in [1.165, 1.54) is 6.42 Å². The van der Waals surface area contributed by atoms with Crippen LogP contribution < -0.4 is 5.73 Å². The average molecular weight is 130 g/mol. The van der Waals surface area contributed by atoms with Crippen LogP contribution in [0.5, 0.6) is 0 Å². The summed E-state index contributed by atoms with van der Waals surface area (Å²) in [5.41, 5.74) is 5.46. The molecule has 2 N–H and O–H groups in total. The zero-order valence-corrected chi connectivity index (χ0v) is 6.72. The van der Waals surface area contributed by atoms with E-state index in [9.17, 15) is 0 Å². The minimum absolute atomic E-state index is 0.532. The first kappa shape index (κ1) is 8.92. The molecule has 0 aromatic heterocycles. The molecule has 0 saturated carbocycles. The molecule has 0 rings (SSSR count). The molecule has 9 heavy (non-hydrogen) atoms. The third kappa shape index (κ3) is 3.49. The molecule has 0 unspecified atom stereocenters. The Labute approximate surface area is 58.0 Å². The van der Waals surface area contributed by atoms with Gasteiger partial charge in [-0.15, -0.1) is 0 Å². The smallest absolute Gasteiger partial charge is 0.0187 e. The topological polar surface area (TPSA) is 29.3 Å². The molecule has 0 bridgehead atoms. The van der Waals surface area contributed by atoms with Crippen molar-refractivity contribution in [3.8, 4) is 0 Å². The Balaban J connectivity index is 3.32. The lowest BCUT2D eigenvalue weighted by atomic mass is 10.3. The normalized spacial score (nSPS) is 14.3. The van der Waals surface area contributed by atoms with E-state index in [0.29, 0.717) is 6.04 Å². The molecule has 0 aliphatic heterocycles. The van der Waals surface area contributed by atoms with Crippen LogP contribution in [0, 0.1) is 0 Å². The molecule has 0 spiro atoms. The quantitative estimate of drug-likeness (QED) is 0.606. The molecule has 0 fully saturated rings. The van der Waals surface area contributed by atoms with E-state index in [0.717, 1.165) is 13.1 Å². The van der Waals surface area contributed by atoms with E-state index in [1.54, 1.807) is 0 Å². The maximum atomic E-state index is 5.46. The first-order chi connectivity index (χ1) is 4.22. The lowest BCUT2D eigenvalue weighted by molar-refractivity contribution is 0.263. The fourth-order valence-electron chi connectivity index (χ4n) is 0.753. The molecule has 2 nitrogen and oxygen atoms in total. The van der Waals surface area contributed by atoms with Gasteiger partial charge in [0.2, 0.25) is 0 Å². The van der Waals surface area contributed by atoms with Crippen molar-refractivity contribution in [1.82, 2.24) is 4.90 Å². The zero-order valence-electron chi connectivity index (χ0n) is 6.72. The maximum Gasteiger partial charge on any atom is 0.0187 e. The van der Waals surface area contributed by atoms with Gasteiger partial charge in [-0.1, -0.05) is 6.92 Å². The second-order valence-electron chi connectivity index (χ2n) is 2.57. The van der Waals surface area contributed by atoms with Gasteiger partial charge in [-0.25, -0.2) is 0 Å². The summed E-state index contributed by atoms with van der Waals surface area (Å²) in [6, 6.07) is 0.532. The van der Waals surface area contributed by atoms with E-state index < -0.39 is 0 Å². The van der Waals surface area contributed by atoms with Gasteiger partial charge in [0, 0.05) is 12.6 Å². The zero-order chi connectivity index (χ0) is 7.28. The summed E-state index contributed by atoms with van der Waals surface area (Å²) in [6.07, 6.45) is 1.21. The first-order valence-corrected chi connectivity index (χ1v) is 3.62. The Morgan fingerprint density at radius 3 is 2.44 bits per heavy atom. The SMILES string of the molecule is CCCN(C)[C@H](C)CN. The standard InChI is InChI=1S/C7H18N2/c1-4-5-9(3)7(2)6-8/h7H,4-6,8H2,1-3H3/t7-/m1/s1. The summed E-state index contributed by atoms with van der Waals surface area (Å²) in [6.45, 7) is 6.24. The number of hydrogen-bond donors (Lipinski definition) is 1. The third-order valence-electron chi connectivity index (χ3n) is 1.67. The van der Waals surface area contributed by atoms with Crippen LogP contribution in [0.1, 0.15) is 20.3 Å². The van der Waals surface area contributed by atoms with E-state index in [4.69, 9.17) is 5.73 Å². The summed E-state index contributed by atoms with van der Waals surface area (Å²) in [7, 11) is 2.11. The fraction of sp³-hybridized carbons (Fsp3) is 1.00. The van der Waals surface area contributed by atoms with Crippen LogP contribution in [0.2, 0.25) is 0 Å². The highest BCUT2D eigenvalue weighted by Crippen LogP contribution is 1.92. The fourth-order valence-corrected chi connectivity index (χ4v) is 0.753. The van der Waals surface area contributed by atoms with E-state index in [2.05, 4.69) is 25.8 Å². The molecule has 0 aliphatic rings. The van der Waals surface area contributed by atoms with Crippen molar-refractivity contribution in [2.24, 2.45) is 5.73 Å².